The van der Waals surface area contributed by atoms with Crippen molar-refractivity contribution in [1.29, 1.82) is 5.41 Å². The molecule has 116 valence electrons. The Morgan fingerprint density at radius 1 is 1.36 bits per heavy atom. The predicted octanol–water partition coefficient (Wildman–Crippen LogP) is 4.60. The summed E-state index contributed by atoms with van der Waals surface area (Å²) in [6.07, 6.45) is 4.72. The average Bonchev–Trinajstić information content (AvgIpc) is 3.07. The summed E-state index contributed by atoms with van der Waals surface area (Å²) in [5, 5.41) is 8.14. The van der Waals surface area contributed by atoms with E-state index in [4.69, 9.17) is 9.83 Å². The Hall–Kier alpha value is -1.68. The van der Waals surface area contributed by atoms with Gasteiger partial charge in [-0.15, -0.1) is 11.8 Å². The lowest BCUT2D eigenvalue weighted by molar-refractivity contribution is 0.555. The quantitative estimate of drug-likeness (QED) is 0.792. The monoisotopic (exact) mass is 314 g/mol. The topological polar surface area (TPSA) is 40.2 Å². The Kier molecular flexibility index (Phi) is 4.88. The SMILES string of the molecule is CCCCN1CCSc2cc(CC(=N)c3ccco3)ccc21. The van der Waals surface area contributed by atoms with Gasteiger partial charge in [-0.1, -0.05) is 19.4 Å². The fraction of sp³-hybridized carbons (Fsp3) is 0.389. The van der Waals surface area contributed by atoms with Crippen LogP contribution in [0.1, 0.15) is 31.1 Å². The third-order valence-corrected chi connectivity index (χ3v) is 4.99. The van der Waals surface area contributed by atoms with Crippen LogP contribution in [0.2, 0.25) is 0 Å². The third kappa shape index (κ3) is 3.38. The maximum atomic E-state index is 8.14. The smallest absolute Gasteiger partial charge is 0.147 e. The molecular weight excluding hydrogens is 292 g/mol. The molecule has 1 aromatic heterocycles. The highest BCUT2D eigenvalue weighted by atomic mass is 32.2. The number of anilines is 1. The van der Waals surface area contributed by atoms with Gasteiger partial charge in [0.1, 0.15) is 5.76 Å². The molecule has 3 rings (SSSR count). The number of rotatable bonds is 6. The molecule has 0 fully saturated rings. The number of hydrogen-bond acceptors (Lipinski definition) is 4. The summed E-state index contributed by atoms with van der Waals surface area (Å²) >= 11 is 1.93. The Morgan fingerprint density at radius 3 is 3.05 bits per heavy atom. The molecule has 2 aromatic rings. The molecule has 0 saturated carbocycles. The van der Waals surface area contributed by atoms with Crippen LogP contribution in [0.25, 0.3) is 0 Å². The number of fused-ring (bicyclic) bond motifs is 1. The predicted molar refractivity (Wildman–Crippen MR) is 93.5 cm³/mol. The maximum absolute atomic E-state index is 8.14. The molecule has 1 aromatic carbocycles. The minimum atomic E-state index is 0.536. The van der Waals surface area contributed by atoms with Gasteiger partial charge in [0.15, 0.2) is 0 Å². The minimum Gasteiger partial charge on any atom is -0.463 e. The molecular formula is C18H22N2OS. The molecule has 0 spiro atoms. The number of furan rings is 1. The van der Waals surface area contributed by atoms with Gasteiger partial charge in [-0.05, 0) is 36.2 Å². The molecule has 1 N–H and O–H groups in total. The summed E-state index contributed by atoms with van der Waals surface area (Å²) < 4.78 is 5.30. The molecule has 3 nitrogen and oxygen atoms in total. The summed E-state index contributed by atoms with van der Waals surface area (Å²) in [6.45, 7) is 4.52. The van der Waals surface area contributed by atoms with E-state index in [1.165, 1.54) is 29.0 Å². The number of unbranched alkanes of at least 4 members (excludes halogenated alkanes) is 1. The number of nitrogens with one attached hydrogen (secondary N) is 1. The van der Waals surface area contributed by atoms with E-state index in [0.717, 1.165) is 18.8 Å². The molecule has 1 aliphatic heterocycles. The van der Waals surface area contributed by atoms with Crippen molar-refractivity contribution in [3.8, 4) is 0 Å². The van der Waals surface area contributed by atoms with E-state index in [-0.39, 0.29) is 0 Å². The standard InChI is InChI=1S/C18H22N2OS/c1-2-3-8-20-9-11-22-18-13-14(6-7-16(18)20)12-15(19)17-5-4-10-21-17/h4-7,10,13,19H,2-3,8-9,11-12H2,1H3. The summed E-state index contributed by atoms with van der Waals surface area (Å²) in [6, 6.07) is 10.3. The normalized spacial score (nSPS) is 14.0. The molecule has 0 saturated heterocycles. The number of benzene rings is 1. The van der Waals surface area contributed by atoms with Crippen molar-refractivity contribution in [1.82, 2.24) is 0 Å². The van der Waals surface area contributed by atoms with Crippen molar-refractivity contribution < 1.29 is 4.42 Å². The lowest BCUT2D eigenvalue weighted by atomic mass is 10.1. The second kappa shape index (κ2) is 7.05. The van der Waals surface area contributed by atoms with Crippen molar-refractivity contribution in [2.24, 2.45) is 0 Å². The van der Waals surface area contributed by atoms with Gasteiger partial charge >= 0.3 is 0 Å². The molecule has 22 heavy (non-hydrogen) atoms. The molecule has 0 amide bonds. The van der Waals surface area contributed by atoms with Crippen LogP contribution >= 0.6 is 11.8 Å². The van der Waals surface area contributed by atoms with Gasteiger partial charge in [-0.2, -0.15) is 0 Å². The molecule has 0 radical (unpaired) electrons. The lowest BCUT2D eigenvalue weighted by Gasteiger charge is -2.31. The van der Waals surface area contributed by atoms with Crippen LogP contribution in [0.15, 0.2) is 45.9 Å². The van der Waals surface area contributed by atoms with Crippen LogP contribution in [0.3, 0.4) is 0 Å². The first-order valence-electron chi connectivity index (χ1n) is 7.90. The molecule has 0 unspecified atom stereocenters. The van der Waals surface area contributed by atoms with E-state index in [1.54, 1.807) is 6.26 Å². The van der Waals surface area contributed by atoms with Gasteiger partial charge in [-0.3, -0.25) is 0 Å². The van der Waals surface area contributed by atoms with Crippen LogP contribution < -0.4 is 4.90 Å². The minimum absolute atomic E-state index is 0.536. The fourth-order valence-corrected chi connectivity index (χ4v) is 3.87. The zero-order valence-electron chi connectivity index (χ0n) is 13.0. The Labute approximate surface area is 136 Å². The average molecular weight is 314 g/mol. The molecule has 1 aliphatic rings. The van der Waals surface area contributed by atoms with E-state index >= 15 is 0 Å². The fourth-order valence-electron chi connectivity index (χ4n) is 2.75. The zero-order valence-corrected chi connectivity index (χ0v) is 13.8. The van der Waals surface area contributed by atoms with Gasteiger partial charge in [0.05, 0.1) is 17.7 Å². The van der Waals surface area contributed by atoms with Gasteiger partial charge < -0.3 is 14.7 Å². The molecule has 0 bridgehead atoms. The zero-order chi connectivity index (χ0) is 15.4. The molecule has 4 heteroatoms. The molecule has 0 atom stereocenters. The van der Waals surface area contributed by atoms with Gasteiger partial charge in [0.2, 0.25) is 0 Å². The maximum Gasteiger partial charge on any atom is 0.147 e. The summed E-state index contributed by atoms with van der Waals surface area (Å²) in [5.74, 6) is 1.81. The second-order valence-corrected chi connectivity index (χ2v) is 6.76. The Balaban J connectivity index is 1.74. The van der Waals surface area contributed by atoms with Crippen molar-refractivity contribution in [2.75, 3.05) is 23.7 Å². The van der Waals surface area contributed by atoms with E-state index < -0.39 is 0 Å². The summed E-state index contributed by atoms with van der Waals surface area (Å²) in [5.41, 5.74) is 3.08. The molecule has 2 heterocycles. The summed E-state index contributed by atoms with van der Waals surface area (Å²) in [7, 11) is 0. The van der Waals surface area contributed by atoms with Crippen LogP contribution in [0.5, 0.6) is 0 Å². The molecule has 0 aliphatic carbocycles. The van der Waals surface area contributed by atoms with E-state index in [0.29, 0.717) is 17.9 Å². The highest BCUT2D eigenvalue weighted by molar-refractivity contribution is 7.99. The summed E-state index contributed by atoms with van der Waals surface area (Å²) in [4.78, 5) is 3.85. The Bertz CT molecular complexity index is 637. The largest absolute Gasteiger partial charge is 0.463 e. The highest BCUT2D eigenvalue weighted by Crippen LogP contribution is 2.35. The van der Waals surface area contributed by atoms with Gasteiger partial charge in [-0.25, -0.2) is 0 Å². The van der Waals surface area contributed by atoms with Crippen molar-refractivity contribution in [3.05, 3.63) is 47.9 Å². The van der Waals surface area contributed by atoms with Crippen molar-refractivity contribution in [3.63, 3.8) is 0 Å². The number of thioether (sulfide) groups is 1. The van der Waals surface area contributed by atoms with Crippen molar-refractivity contribution >= 4 is 23.2 Å². The van der Waals surface area contributed by atoms with Crippen LogP contribution in [0, 0.1) is 5.41 Å². The van der Waals surface area contributed by atoms with Crippen LogP contribution in [-0.4, -0.2) is 24.6 Å². The van der Waals surface area contributed by atoms with E-state index in [9.17, 15) is 0 Å². The number of hydrogen-bond donors (Lipinski definition) is 1. The Morgan fingerprint density at radius 2 is 2.27 bits per heavy atom. The first-order chi connectivity index (χ1) is 10.8. The van der Waals surface area contributed by atoms with E-state index in [2.05, 4.69) is 30.0 Å². The van der Waals surface area contributed by atoms with Crippen LogP contribution in [-0.2, 0) is 6.42 Å². The first kappa shape index (κ1) is 15.2. The van der Waals surface area contributed by atoms with Crippen LogP contribution in [0.4, 0.5) is 5.69 Å². The third-order valence-electron chi connectivity index (χ3n) is 3.96. The highest BCUT2D eigenvalue weighted by Gasteiger charge is 2.17. The lowest BCUT2D eigenvalue weighted by Crippen LogP contribution is -2.30. The first-order valence-corrected chi connectivity index (χ1v) is 8.88. The van der Waals surface area contributed by atoms with Gasteiger partial charge in [0, 0.05) is 30.2 Å². The van der Waals surface area contributed by atoms with E-state index in [1.807, 2.05) is 23.9 Å². The second-order valence-electron chi connectivity index (χ2n) is 5.62. The van der Waals surface area contributed by atoms with Crippen molar-refractivity contribution in [2.45, 2.75) is 31.1 Å². The number of nitrogens with zero attached hydrogens (tertiary/aromatic N) is 1. The van der Waals surface area contributed by atoms with Gasteiger partial charge in [0.25, 0.3) is 0 Å².